The van der Waals surface area contributed by atoms with E-state index in [4.69, 9.17) is 10.2 Å². The van der Waals surface area contributed by atoms with E-state index in [1.165, 1.54) is 6.92 Å². The van der Waals surface area contributed by atoms with Gasteiger partial charge in [0.1, 0.15) is 6.04 Å². The zero-order valence-electron chi connectivity index (χ0n) is 12.9. The maximum atomic E-state index is 11.0. The second-order valence-electron chi connectivity index (χ2n) is 5.12. The molecule has 0 aliphatic rings. The smallest absolute Gasteiger partial charge is 0.327 e. The van der Waals surface area contributed by atoms with Crippen molar-refractivity contribution in [1.82, 2.24) is 5.32 Å². The Balaban J connectivity index is 4.58. The van der Waals surface area contributed by atoms with Crippen LogP contribution in [0.25, 0.3) is 0 Å². The van der Waals surface area contributed by atoms with Crippen molar-refractivity contribution in [3.63, 3.8) is 0 Å². The summed E-state index contributed by atoms with van der Waals surface area (Å²) in [6.07, 6.45) is 2.17. The SMILES string of the molecule is CCCCC[C@H](O)[C@@H](CC(=O)O)SC[C@@H](NC(C)=O)C(=O)O. The van der Waals surface area contributed by atoms with Crippen LogP contribution in [0.15, 0.2) is 0 Å². The molecule has 0 unspecified atom stereocenters. The van der Waals surface area contributed by atoms with Gasteiger partial charge in [-0.3, -0.25) is 9.59 Å². The second-order valence-corrected chi connectivity index (χ2v) is 6.40. The highest BCUT2D eigenvalue weighted by Gasteiger charge is 2.26. The van der Waals surface area contributed by atoms with Crippen LogP contribution in [0.1, 0.15) is 46.0 Å². The average molecular weight is 335 g/mol. The first-order chi connectivity index (χ1) is 10.3. The van der Waals surface area contributed by atoms with E-state index >= 15 is 0 Å². The van der Waals surface area contributed by atoms with E-state index in [1.54, 1.807) is 0 Å². The summed E-state index contributed by atoms with van der Waals surface area (Å²) in [5.74, 6) is -2.68. The normalized spacial score (nSPS) is 14.9. The van der Waals surface area contributed by atoms with E-state index in [9.17, 15) is 19.5 Å². The van der Waals surface area contributed by atoms with E-state index in [0.29, 0.717) is 6.42 Å². The van der Waals surface area contributed by atoms with Crippen molar-refractivity contribution in [3.05, 3.63) is 0 Å². The van der Waals surface area contributed by atoms with Crippen molar-refractivity contribution in [2.24, 2.45) is 0 Å². The lowest BCUT2D eigenvalue weighted by Crippen LogP contribution is -2.42. The number of amides is 1. The number of aliphatic hydroxyl groups excluding tert-OH is 1. The molecule has 0 saturated heterocycles. The van der Waals surface area contributed by atoms with Crippen LogP contribution in [-0.4, -0.2) is 56.3 Å². The predicted molar refractivity (Wildman–Crippen MR) is 83.9 cm³/mol. The fourth-order valence-corrected chi connectivity index (χ4v) is 3.19. The Kier molecular flexibility index (Phi) is 10.7. The Morgan fingerprint density at radius 3 is 2.27 bits per heavy atom. The highest BCUT2D eigenvalue weighted by atomic mass is 32.2. The van der Waals surface area contributed by atoms with Crippen LogP contribution in [0.2, 0.25) is 0 Å². The van der Waals surface area contributed by atoms with Gasteiger partial charge in [-0.2, -0.15) is 11.8 Å². The number of hydrogen-bond donors (Lipinski definition) is 4. The van der Waals surface area contributed by atoms with Gasteiger partial charge in [-0.1, -0.05) is 26.2 Å². The number of rotatable bonds is 12. The maximum absolute atomic E-state index is 11.0. The van der Waals surface area contributed by atoms with Gasteiger partial charge in [0.25, 0.3) is 0 Å². The first-order valence-electron chi connectivity index (χ1n) is 7.29. The van der Waals surface area contributed by atoms with Gasteiger partial charge in [0.2, 0.25) is 5.91 Å². The standard InChI is InChI=1S/C14H25NO6S/c1-3-4-5-6-11(17)12(7-13(18)19)22-8-10(14(20)21)15-9(2)16/h10-12,17H,3-8H2,1-2H3,(H,15,16)(H,18,19)(H,20,21)/t10-,11+,12-/m1/s1. The third-order valence-corrected chi connectivity index (χ3v) is 4.50. The maximum Gasteiger partial charge on any atom is 0.327 e. The molecule has 0 saturated carbocycles. The number of nitrogens with one attached hydrogen (secondary N) is 1. The monoisotopic (exact) mass is 335 g/mol. The molecule has 4 N–H and O–H groups in total. The zero-order chi connectivity index (χ0) is 17.1. The van der Waals surface area contributed by atoms with Crippen LogP contribution in [0.5, 0.6) is 0 Å². The molecule has 0 radical (unpaired) electrons. The summed E-state index contributed by atoms with van der Waals surface area (Å²) in [6, 6.07) is -1.10. The Labute approximate surface area is 134 Å². The second kappa shape index (κ2) is 11.3. The fourth-order valence-electron chi connectivity index (χ4n) is 1.91. The van der Waals surface area contributed by atoms with Crippen molar-refractivity contribution in [2.45, 2.75) is 63.3 Å². The minimum Gasteiger partial charge on any atom is -0.481 e. The van der Waals surface area contributed by atoms with Crippen LogP contribution < -0.4 is 5.32 Å². The van der Waals surface area contributed by atoms with Crippen molar-refractivity contribution < 1.29 is 29.7 Å². The van der Waals surface area contributed by atoms with Crippen molar-refractivity contribution in [1.29, 1.82) is 0 Å². The molecule has 0 spiro atoms. The first-order valence-corrected chi connectivity index (χ1v) is 8.34. The predicted octanol–water partition coefficient (Wildman–Crippen LogP) is 1.09. The molecule has 0 bridgehead atoms. The quantitative estimate of drug-likeness (QED) is 0.394. The van der Waals surface area contributed by atoms with Crippen molar-refractivity contribution in [2.75, 3.05) is 5.75 Å². The number of carboxylic acid groups (broad SMARTS) is 2. The molecule has 3 atom stereocenters. The van der Waals surface area contributed by atoms with E-state index in [1.807, 2.05) is 6.92 Å². The summed E-state index contributed by atoms with van der Waals surface area (Å²) < 4.78 is 0. The van der Waals surface area contributed by atoms with Gasteiger partial charge in [0.15, 0.2) is 0 Å². The number of aliphatic carboxylic acids is 2. The molecule has 0 aromatic heterocycles. The molecular weight excluding hydrogens is 310 g/mol. The van der Waals surface area contributed by atoms with E-state index in [-0.39, 0.29) is 12.2 Å². The van der Waals surface area contributed by atoms with Crippen molar-refractivity contribution in [3.8, 4) is 0 Å². The van der Waals surface area contributed by atoms with Crippen LogP contribution in [-0.2, 0) is 14.4 Å². The molecule has 8 heteroatoms. The van der Waals surface area contributed by atoms with Crippen LogP contribution >= 0.6 is 11.8 Å². The number of hydrogen-bond acceptors (Lipinski definition) is 5. The molecule has 0 aromatic carbocycles. The minimum atomic E-state index is -1.18. The molecule has 128 valence electrons. The van der Waals surface area contributed by atoms with E-state index in [0.717, 1.165) is 31.0 Å². The Morgan fingerprint density at radius 1 is 1.18 bits per heavy atom. The molecule has 0 fully saturated rings. The third-order valence-electron chi connectivity index (χ3n) is 3.06. The summed E-state index contributed by atoms with van der Waals surface area (Å²) in [5.41, 5.74) is 0. The van der Waals surface area contributed by atoms with Gasteiger partial charge >= 0.3 is 11.9 Å². The highest BCUT2D eigenvalue weighted by molar-refractivity contribution is 8.00. The highest BCUT2D eigenvalue weighted by Crippen LogP contribution is 2.23. The summed E-state index contributed by atoms with van der Waals surface area (Å²) in [4.78, 5) is 32.9. The molecule has 0 aliphatic heterocycles. The first kappa shape index (κ1) is 20.7. The number of aliphatic hydroxyl groups is 1. The van der Waals surface area contributed by atoms with Crippen molar-refractivity contribution >= 4 is 29.6 Å². The topological polar surface area (TPSA) is 124 Å². The number of unbranched alkanes of at least 4 members (excludes halogenated alkanes) is 2. The fraction of sp³-hybridized carbons (Fsp3) is 0.786. The molecule has 0 heterocycles. The van der Waals surface area contributed by atoms with E-state index in [2.05, 4.69) is 5.32 Å². The van der Waals surface area contributed by atoms with Crippen LogP contribution in [0.3, 0.4) is 0 Å². The largest absolute Gasteiger partial charge is 0.481 e. The molecular formula is C14H25NO6S. The van der Waals surface area contributed by atoms with Gasteiger partial charge in [0.05, 0.1) is 12.5 Å². The zero-order valence-corrected chi connectivity index (χ0v) is 13.8. The Hall–Kier alpha value is -1.28. The molecule has 1 amide bonds. The number of thioether (sulfide) groups is 1. The summed E-state index contributed by atoms with van der Waals surface area (Å²) in [6.45, 7) is 3.25. The van der Waals surface area contributed by atoms with Crippen LogP contribution in [0.4, 0.5) is 0 Å². The van der Waals surface area contributed by atoms with Gasteiger partial charge in [0, 0.05) is 17.9 Å². The summed E-state index contributed by atoms with van der Waals surface area (Å²) >= 11 is 1.07. The molecule has 0 rings (SSSR count). The third kappa shape index (κ3) is 9.62. The Morgan fingerprint density at radius 2 is 1.82 bits per heavy atom. The van der Waals surface area contributed by atoms with E-state index < -0.39 is 35.2 Å². The number of carbonyl (C=O) groups is 3. The van der Waals surface area contributed by atoms with Gasteiger partial charge < -0.3 is 20.6 Å². The van der Waals surface area contributed by atoms with Gasteiger partial charge in [-0.15, -0.1) is 0 Å². The Bertz CT molecular complexity index is 376. The molecule has 0 aromatic rings. The summed E-state index contributed by atoms with van der Waals surface area (Å²) in [7, 11) is 0. The average Bonchev–Trinajstić information content (AvgIpc) is 2.40. The lowest BCUT2D eigenvalue weighted by molar-refractivity contribution is -0.140. The molecule has 0 aliphatic carbocycles. The summed E-state index contributed by atoms with van der Waals surface area (Å²) in [5, 5.41) is 29.7. The molecule has 7 nitrogen and oxygen atoms in total. The van der Waals surface area contributed by atoms with Crippen LogP contribution in [0, 0.1) is 0 Å². The van der Waals surface area contributed by atoms with Gasteiger partial charge in [-0.05, 0) is 6.42 Å². The molecule has 22 heavy (non-hydrogen) atoms. The lowest BCUT2D eigenvalue weighted by Gasteiger charge is -2.23. The number of carboxylic acids is 2. The number of carbonyl (C=O) groups excluding carboxylic acids is 1. The van der Waals surface area contributed by atoms with Gasteiger partial charge in [-0.25, -0.2) is 4.79 Å². The minimum absolute atomic E-state index is 0.0116. The lowest BCUT2D eigenvalue weighted by atomic mass is 10.1.